The summed E-state index contributed by atoms with van der Waals surface area (Å²) in [6.45, 7) is 7.75. The predicted molar refractivity (Wildman–Crippen MR) is 83.8 cm³/mol. The molecule has 0 aliphatic rings. The highest BCUT2D eigenvalue weighted by atomic mass is 32.2. The Morgan fingerprint density at radius 1 is 1.15 bits per heavy atom. The maximum absolute atomic E-state index is 14.1. The smallest absolute Gasteiger partial charge is 0.137 e. The lowest BCUT2D eigenvalue weighted by molar-refractivity contribution is 0.591. The molecule has 0 fully saturated rings. The van der Waals surface area contributed by atoms with E-state index < -0.39 is 0 Å². The highest BCUT2D eigenvalue weighted by molar-refractivity contribution is 7.99. The number of rotatable bonds is 5. The highest BCUT2D eigenvalue weighted by Crippen LogP contribution is 2.35. The summed E-state index contributed by atoms with van der Waals surface area (Å²) in [4.78, 5) is 1.84. The van der Waals surface area contributed by atoms with Crippen molar-refractivity contribution in [1.29, 1.82) is 0 Å². The number of nitrogens with one attached hydrogen (secondary N) is 1. The fourth-order valence-corrected chi connectivity index (χ4v) is 3.12. The second kappa shape index (κ2) is 6.91. The van der Waals surface area contributed by atoms with Crippen LogP contribution in [0.4, 0.5) is 4.39 Å². The van der Waals surface area contributed by atoms with E-state index >= 15 is 0 Å². The van der Waals surface area contributed by atoms with Crippen molar-refractivity contribution in [3.8, 4) is 0 Å². The van der Waals surface area contributed by atoms with Gasteiger partial charge in [-0.2, -0.15) is 0 Å². The lowest BCUT2D eigenvalue weighted by Crippen LogP contribution is -2.12. The highest BCUT2D eigenvalue weighted by Gasteiger charge is 2.11. The van der Waals surface area contributed by atoms with Crippen molar-refractivity contribution in [3.63, 3.8) is 0 Å². The van der Waals surface area contributed by atoms with Crippen molar-refractivity contribution in [2.75, 3.05) is 6.54 Å². The van der Waals surface area contributed by atoms with E-state index in [1.165, 1.54) is 29.0 Å². The van der Waals surface area contributed by atoms with E-state index in [4.69, 9.17) is 0 Å². The molecule has 0 aliphatic heterocycles. The van der Waals surface area contributed by atoms with E-state index in [9.17, 15) is 4.39 Å². The average molecular weight is 289 g/mol. The van der Waals surface area contributed by atoms with Crippen LogP contribution in [-0.4, -0.2) is 6.54 Å². The Balaban J connectivity index is 2.34. The van der Waals surface area contributed by atoms with Gasteiger partial charge < -0.3 is 5.32 Å². The summed E-state index contributed by atoms with van der Waals surface area (Å²) in [5.41, 5.74) is 3.39. The van der Waals surface area contributed by atoms with Gasteiger partial charge in [-0.05, 0) is 49.2 Å². The van der Waals surface area contributed by atoms with Crippen LogP contribution in [0.5, 0.6) is 0 Å². The number of aryl methyl sites for hydroxylation is 2. The van der Waals surface area contributed by atoms with Gasteiger partial charge in [-0.15, -0.1) is 0 Å². The molecule has 2 aromatic carbocycles. The third-order valence-electron chi connectivity index (χ3n) is 3.17. The minimum Gasteiger partial charge on any atom is -0.313 e. The van der Waals surface area contributed by atoms with E-state index in [1.54, 1.807) is 6.07 Å². The van der Waals surface area contributed by atoms with Crippen molar-refractivity contribution >= 4 is 11.8 Å². The van der Waals surface area contributed by atoms with E-state index in [0.29, 0.717) is 6.54 Å². The summed E-state index contributed by atoms with van der Waals surface area (Å²) in [5, 5.41) is 3.26. The van der Waals surface area contributed by atoms with E-state index in [-0.39, 0.29) is 5.82 Å². The van der Waals surface area contributed by atoms with Crippen LogP contribution in [-0.2, 0) is 6.54 Å². The Morgan fingerprint density at radius 2 is 1.95 bits per heavy atom. The average Bonchev–Trinajstić information content (AvgIpc) is 2.43. The van der Waals surface area contributed by atoms with Crippen LogP contribution in [0.3, 0.4) is 0 Å². The molecule has 3 heteroatoms. The first-order chi connectivity index (χ1) is 9.61. The van der Waals surface area contributed by atoms with Gasteiger partial charge in [-0.1, -0.05) is 43.0 Å². The topological polar surface area (TPSA) is 12.0 Å². The minimum absolute atomic E-state index is 0.147. The molecule has 20 heavy (non-hydrogen) atoms. The Morgan fingerprint density at radius 3 is 2.70 bits per heavy atom. The van der Waals surface area contributed by atoms with Crippen molar-refractivity contribution in [1.82, 2.24) is 5.32 Å². The summed E-state index contributed by atoms with van der Waals surface area (Å²) in [5.74, 6) is -0.147. The first-order valence-corrected chi connectivity index (χ1v) is 7.66. The molecule has 0 unspecified atom stereocenters. The number of benzene rings is 2. The standard InChI is InChI=1S/C17H20FNS/c1-4-19-11-14-6-5-7-15(18)17(14)20-16-10-12(2)8-9-13(16)3/h5-10,19H,4,11H2,1-3H3. The van der Waals surface area contributed by atoms with Crippen LogP contribution in [0.15, 0.2) is 46.2 Å². The molecule has 106 valence electrons. The van der Waals surface area contributed by atoms with Gasteiger partial charge in [0.25, 0.3) is 0 Å². The van der Waals surface area contributed by atoms with Crippen LogP contribution in [0.2, 0.25) is 0 Å². The molecular weight excluding hydrogens is 269 g/mol. The van der Waals surface area contributed by atoms with Gasteiger partial charge >= 0.3 is 0 Å². The summed E-state index contributed by atoms with van der Waals surface area (Å²) in [7, 11) is 0. The molecule has 0 atom stereocenters. The van der Waals surface area contributed by atoms with Gasteiger partial charge in [0.1, 0.15) is 5.82 Å². The van der Waals surface area contributed by atoms with Gasteiger partial charge in [0, 0.05) is 11.4 Å². The van der Waals surface area contributed by atoms with Gasteiger partial charge in [0.15, 0.2) is 0 Å². The second-order valence-electron chi connectivity index (χ2n) is 4.88. The largest absolute Gasteiger partial charge is 0.313 e. The fraction of sp³-hybridized carbons (Fsp3) is 0.294. The van der Waals surface area contributed by atoms with Gasteiger partial charge in [-0.3, -0.25) is 0 Å². The SMILES string of the molecule is CCNCc1cccc(F)c1Sc1cc(C)ccc1C. The zero-order valence-electron chi connectivity index (χ0n) is 12.2. The van der Waals surface area contributed by atoms with Crippen molar-refractivity contribution < 1.29 is 4.39 Å². The maximum Gasteiger partial charge on any atom is 0.137 e. The second-order valence-corrected chi connectivity index (χ2v) is 5.93. The number of hydrogen-bond acceptors (Lipinski definition) is 2. The number of halogens is 1. The van der Waals surface area contributed by atoms with Crippen LogP contribution >= 0.6 is 11.8 Å². The zero-order chi connectivity index (χ0) is 14.5. The molecule has 1 nitrogen and oxygen atoms in total. The summed E-state index contributed by atoms with van der Waals surface area (Å²) in [6.07, 6.45) is 0. The Labute approximate surface area is 124 Å². The summed E-state index contributed by atoms with van der Waals surface area (Å²) in [6, 6.07) is 11.6. The molecule has 0 radical (unpaired) electrons. The molecule has 0 heterocycles. The quantitative estimate of drug-likeness (QED) is 0.856. The molecule has 1 N–H and O–H groups in total. The molecule has 2 rings (SSSR count). The lowest BCUT2D eigenvalue weighted by Gasteiger charge is -2.12. The third-order valence-corrected chi connectivity index (χ3v) is 4.49. The van der Waals surface area contributed by atoms with Crippen LogP contribution in [0.25, 0.3) is 0 Å². The van der Waals surface area contributed by atoms with Gasteiger partial charge in [0.05, 0.1) is 4.90 Å². The maximum atomic E-state index is 14.1. The normalized spacial score (nSPS) is 10.8. The summed E-state index contributed by atoms with van der Waals surface area (Å²) < 4.78 is 14.1. The van der Waals surface area contributed by atoms with Crippen molar-refractivity contribution in [3.05, 3.63) is 58.9 Å². The van der Waals surface area contributed by atoms with Crippen molar-refractivity contribution in [2.24, 2.45) is 0 Å². The Bertz CT molecular complexity index is 596. The van der Waals surface area contributed by atoms with Gasteiger partial charge in [-0.25, -0.2) is 4.39 Å². The van der Waals surface area contributed by atoms with Crippen LogP contribution in [0.1, 0.15) is 23.6 Å². The first-order valence-electron chi connectivity index (χ1n) is 6.85. The van der Waals surface area contributed by atoms with Crippen molar-refractivity contribution in [2.45, 2.75) is 37.1 Å². The number of hydrogen-bond donors (Lipinski definition) is 1. The molecule has 0 saturated carbocycles. The third kappa shape index (κ3) is 3.62. The van der Waals surface area contributed by atoms with E-state index in [2.05, 4.69) is 44.3 Å². The molecule has 0 spiro atoms. The van der Waals surface area contributed by atoms with E-state index in [0.717, 1.165) is 21.9 Å². The molecule has 0 aliphatic carbocycles. The molecule has 2 aromatic rings. The van der Waals surface area contributed by atoms with Crippen LogP contribution in [0, 0.1) is 19.7 Å². The lowest BCUT2D eigenvalue weighted by atomic mass is 10.2. The minimum atomic E-state index is -0.147. The predicted octanol–water partition coefficient (Wildman–Crippen LogP) is 4.70. The molecular formula is C17H20FNS. The summed E-state index contributed by atoms with van der Waals surface area (Å²) >= 11 is 1.52. The van der Waals surface area contributed by atoms with Gasteiger partial charge in [0.2, 0.25) is 0 Å². The Hall–Kier alpha value is -1.32. The molecule has 0 bridgehead atoms. The molecule has 0 saturated heterocycles. The van der Waals surface area contributed by atoms with E-state index in [1.807, 2.05) is 6.07 Å². The monoisotopic (exact) mass is 289 g/mol. The zero-order valence-corrected chi connectivity index (χ0v) is 13.0. The first kappa shape index (κ1) is 15.1. The Kier molecular flexibility index (Phi) is 5.21. The molecule has 0 aromatic heterocycles. The molecule has 0 amide bonds. The fourth-order valence-electron chi connectivity index (χ4n) is 1.99. The van der Waals surface area contributed by atoms with Crippen LogP contribution < -0.4 is 5.32 Å².